The Morgan fingerprint density at radius 2 is 1.59 bits per heavy atom. The Hall–Kier alpha value is -4.66. The molecule has 0 saturated carbocycles. The van der Waals surface area contributed by atoms with E-state index >= 15 is 0 Å². The van der Waals surface area contributed by atoms with Crippen LogP contribution in [-0.2, 0) is 20.7 Å². The summed E-state index contributed by atoms with van der Waals surface area (Å²) in [5, 5.41) is 2.76. The molecule has 3 aromatic rings. The Kier molecular flexibility index (Phi) is 8.60. The first kappa shape index (κ1) is 27.4. The molecule has 1 heterocycles. The third kappa shape index (κ3) is 6.43. The van der Waals surface area contributed by atoms with Crippen LogP contribution in [0.2, 0.25) is 0 Å². The molecule has 0 aliphatic carbocycles. The molecule has 0 unspecified atom stereocenters. The zero-order chi connectivity index (χ0) is 27.9. The standard InChI is InChI=1S/C30H31N3O6/c1-4-39-29(36)22-9-11-23(12-10-22)31-27(34)19-26-28(35)33(24-13-5-20(2)6-14-24)30(37)32(26)18-17-21-7-15-25(38-3)16-8-21/h5-16,26H,4,17-19H2,1-3H3,(H,31,34)/t26-/m0/s1. The fourth-order valence-corrected chi connectivity index (χ4v) is 4.35. The third-order valence-corrected chi connectivity index (χ3v) is 6.47. The summed E-state index contributed by atoms with van der Waals surface area (Å²) >= 11 is 0. The van der Waals surface area contributed by atoms with Gasteiger partial charge in [0, 0.05) is 12.2 Å². The van der Waals surface area contributed by atoms with Gasteiger partial charge in [-0.15, -0.1) is 0 Å². The number of nitrogens with one attached hydrogen (secondary N) is 1. The molecule has 39 heavy (non-hydrogen) atoms. The molecule has 3 aromatic carbocycles. The van der Waals surface area contributed by atoms with Crippen molar-refractivity contribution in [3.05, 3.63) is 89.5 Å². The van der Waals surface area contributed by atoms with E-state index in [-0.39, 0.29) is 19.6 Å². The van der Waals surface area contributed by atoms with Crippen molar-refractivity contribution in [1.29, 1.82) is 0 Å². The highest BCUT2D eigenvalue weighted by atomic mass is 16.5. The third-order valence-electron chi connectivity index (χ3n) is 6.47. The normalized spacial score (nSPS) is 14.9. The topological polar surface area (TPSA) is 105 Å². The van der Waals surface area contributed by atoms with Crippen molar-refractivity contribution in [3.8, 4) is 5.75 Å². The molecule has 0 aromatic heterocycles. The SMILES string of the molecule is CCOC(=O)c1ccc(NC(=O)C[C@H]2C(=O)N(c3ccc(C)cc3)C(=O)N2CCc2ccc(OC)cc2)cc1. The number of aryl methyl sites for hydroxylation is 1. The lowest BCUT2D eigenvalue weighted by atomic mass is 10.1. The van der Waals surface area contributed by atoms with E-state index in [1.165, 1.54) is 4.90 Å². The maximum absolute atomic E-state index is 13.5. The number of carbonyl (C=O) groups is 4. The van der Waals surface area contributed by atoms with Crippen LogP contribution in [0.15, 0.2) is 72.8 Å². The van der Waals surface area contributed by atoms with Gasteiger partial charge in [0.25, 0.3) is 5.91 Å². The summed E-state index contributed by atoms with van der Waals surface area (Å²) in [6.45, 7) is 4.16. The Morgan fingerprint density at radius 3 is 2.21 bits per heavy atom. The highest BCUT2D eigenvalue weighted by Crippen LogP contribution is 2.28. The summed E-state index contributed by atoms with van der Waals surface area (Å²) in [5.74, 6) is -0.604. The molecule has 1 atom stereocenters. The number of urea groups is 1. The van der Waals surface area contributed by atoms with Gasteiger partial charge in [0.15, 0.2) is 0 Å². The minimum atomic E-state index is -0.962. The minimum absolute atomic E-state index is 0.213. The van der Waals surface area contributed by atoms with Crippen molar-refractivity contribution in [1.82, 2.24) is 4.90 Å². The molecule has 1 fully saturated rings. The van der Waals surface area contributed by atoms with E-state index < -0.39 is 29.9 Å². The van der Waals surface area contributed by atoms with Gasteiger partial charge in [-0.2, -0.15) is 0 Å². The minimum Gasteiger partial charge on any atom is -0.497 e. The lowest BCUT2D eigenvalue weighted by Crippen LogP contribution is -2.39. The predicted octanol–water partition coefficient (Wildman–Crippen LogP) is 4.59. The van der Waals surface area contributed by atoms with Crippen LogP contribution < -0.4 is 15.0 Å². The molecule has 1 N–H and O–H groups in total. The Morgan fingerprint density at radius 1 is 0.923 bits per heavy atom. The summed E-state index contributed by atoms with van der Waals surface area (Å²) in [7, 11) is 1.59. The van der Waals surface area contributed by atoms with Gasteiger partial charge in [-0.05, 0) is 74.4 Å². The van der Waals surface area contributed by atoms with E-state index in [1.54, 1.807) is 50.4 Å². The molecule has 9 nitrogen and oxygen atoms in total. The van der Waals surface area contributed by atoms with E-state index in [2.05, 4.69) is 5.32 Å². The number of anilines is 2. The number of imide groups is 1. The van der Waals surface area contributed by atoms with Crippen LogP contribution in [0.5, 0.6) is 5.75 Å². The number of hydrogen-bond acceptors (Lipinski definition) is 6. The summed E-state index contributed by atoms with van der Waals surface area (Å²) in [5.41, 5.74) is 3.26. The zero-order valence-corrected chi connectivity index (χ0v) is 22.2. The van der Waals surface area contributed by atoms with Crippen molar-refractivity contribution in [2.75, 3.05) is 30.5 Å². The van der Waals surface area contributed by atoms with Crippen LogP contribution in [-0.4, -0.2) is 55.0 Å². The van der Waals surface area contributed by atoms with Crippen LogP contribution in [0.1, 0.15) is 34.8 Å². The lowest BCUT2D eigenvalue weighted by Gasteiger charge is -2.21. The van der Waals surface area contributed by atoms with E-state index in [4.69, 9.17) is 9.47 Å². The number of rotatable bonds is 10. The van der Waals surface area contributed by atoms with Gasteiger partial charge < -0.3 is 19.7 Å². The van der Waals surface area contributed by atoms with Crippen molar-refractivity contribution in [2.24, 2.45) is 0 Å². The van der Waals surface area contributed by atoms with Gasteiger partial charge in [-0.1, -0.05) is 29.8 Å². The summed E-state index contributed by atoms with van der Waals surface area (Å²) in [4.78, 5) is 54.4. The van der Waals surface area contributed by atoms with Crippen LogP contribution in [0.25, 0.3) is 0 Å². The summed E-state index contributed by atoms with van der Waals surface area (Å²) in [6, 6.07) is 19.4. The molecular formula is C30H31N3O6. The second-order valence-electron chi connectivity index (χ2n) is 9.15. The number of nitrogens with zero attached hydrogens (tertiary/aromatic N) is 2. The van der Waals surface area contributed by atoms with Crippen molar-refractivity contribution >= 4 is 35.2 Å². The second kappa shape index (κ2) is 12.3. The van der Waals surface area contributed by atoms with Crippen molar-refractivity contribution < 1.29 is 28.7 Å². The number of methoxy groups -OCH3 is 1. The van der Waals surface area contributed by atoms with Crippen LogP contribution in [0.3, 0.4) is 0 Å². The molecule has 0 radical (unpaired) electrons. The summed E-state index contributed by atoms with van der Waals surface area (Å²) < 4.78 is 10.2. The number of esters is 1. The molecule has 4 amide bonds. The van der Waals surface area contributed by atoms with E-state index in [9.17, 15) is 19.2 Å². The Balaban J connectivity index is 1.50. The Labute approximate surface area is 227 Å². The smallest absolute Gasteiger partial charge is 0.338 e. The number of hydrogen-bond donors (Lipinski definition) is 1. The maximum atomic E-state index is 13.5. The molecule has 1 saturated heterocycles. The molecule has 0 spiro atoms. The molecule has 4 rings (SSSR count). The van der Waals surface area contributed by atoms with E-state index in [0.717, 1.165) is 21.8 Å². The molecule has 1 aliphatic heterocycles. The number of ether oxygens (including phenoxy) is 2. The van der Waals surface area contributed by atoms with Gasteiger partial charge >= 0.3 is 12.0 Å². The zero-order valence-electron chi connectivity index (χ0n) is 22.2. The largest absolute Gasteiger partial charge is 0.497 e. The van der Waals surface area contributed by atoms with Crippen molar-refractivity contribution in [2.45, 2.75) is 32.7 Å². The average molecular weight is 530 g/mol. The maximum Gasteiger partial charge on any atom is 0.338 e. The molecule has 0 bridgehead atoms. The van der Waals surface area contributed by atoms with Crippen LogP contribution in [0, 0.1) is 6.92 Å². The highest BCUT2D eigenvalue weighted by Gasteiger charge is 2.46. The molecule has 9 heteroatoms. The number of benzene rings is 3. The lowest BCUT2D eigenvalue weighted by molar-refractivity contribution is -0.124. The average Bonchev–Trinajstić information content (AvgIpc) is 3.16. The van der Waals surface area contributed by atoms with Crippen LogP contribution >= 0.6 is 0 Å². The first-order chi connectivity index (χ1) is 18.8. The van der Waals surface area contributed by atoms with Gasteiger partial charge in [0.2, 0.25) is 5.91 Å². The summed E-state index contributed by atoms with van der Waals surface area (Å²) in [6.07, 6.45) is 0.285. The van der Waals surface area contributed by atoms with Crippen molar-refractivity contribution in [3.63, 3.8) is 0 Å². The quantitative estimate of drug-likeness (QED) is 0.304. The molecular weight excluding hydrogens is 498 g/mol. The second-order valence-corrected chi connectivity index (χ2v) is 9.15. The monoisotopic (exact) mass is 529 g/mol. The van der Waals surface area contributed by atoms with Gasteiger partial charge in [0.1, 0.15) is 11.8 Å². The molecule has 202 valence electrons. The Bertz CT molecular complexity index is 1340. The molecule has 1 aliphatic rings. The predicted molar refractivity (Wildman–Crippen MR) is 147 cm³/mol. The van der Waals surface area contributed by atoms with Crippen LogP contribution in [0.4, 0.5) is 16.2 Å². The highest BCUT2D eigenvalue weighted by molar-refractivity contribution is 6.22. The fourth-order valence-electron chi connectivity index (χ4n) is 4.35. The first-order valence-electron chi connectivity index (χ1n) is 12.7. The van der Waals surface area contributed by atoms with Gasteiger partial charge in [-0.25, -0.2) is 14.5 Å². The van der Waals surface area contributed by atoms with E-state index in [1.807, 2.05) is 43.3 Å². The van der Waals surface area contributed by atoms with Gasteiger partial charge in [-0.3, -0.25) is 9.59 Å². The first-order valence-corrected chi connectivity index (χ1v) is 12.7. The fraction of sp³-hybridized carbons (Fsp3) is 0.267. The van der Waals surface area contributed by atoms with Gasteiger partial charge in [0.05, 0.1) is 31.4 Å². The number of carbonyl (C=O) groups excluding carboxylic acids is 4. The van der Waals surface area contributed by atoms with E-state index in [0.29, 0.717) is 23.4 Å². The number of amides is 4.